The van der Waals surface area contributed by atoms with E-state index in [1.165, 1.54) is 25.3 Å². The van der Waals surface area contributed by atoms with Gasteiger partial charge in [0.25, 0.3) is 5.91 Å². The number of aromatic nitrogens is 2. The zero-order valence-corrected chi connectivity index (χ0v) is 17.8. The molecule has 0 aliphatic rings. The van der Waals surface area contributed by atoms with Crippen LogP contribution < -0.4 is 15.4 Å². The molecule has 12 heteroatoms. The van der Waals surface area contributed by atoms with E-state index < -0.39 is 23.7 Å². The summed E-state index contributed by atoms with van der Waals surface area (Å²) in [6.45, 7) is 3.23. The Morgan fingerprint density at radius 1 is 1.16 bits per heavy atom. The van der Waals surface area contributed by atoms with Gasteiger partial charge in [-0.2, -0.15) is 13.2 Å². The van der Waals surface area contributed by atoms with Gasteiger partial charge in [-0.05, 0) is 44.2 Å². The second kappa shape index (κ2) is 9.39. The number of nitrogens with zero attached hydrogens (tertiary/aromatic N) is 2. The normalized spacial score (nSPS) is 13.3. The fourth-order valence-corrected chi connectivity index (χ4v) is 3.69. The van der Waals surface area contributed by atoms with Crippen molar-refractivity contribution in [1.29, 1.82) is 0 Å². The van der Waals surface area contributed by atoms with Crippen LogP contribution in [0, 0.1) is 0 Å². The molecule has 3 rings (SSSR count). The number of amides is 1. The lowest BCUT2D eigenvalue weighted by atomic mass is 10.1. The predicted molar refractivity (Wildman–Crippen MR) is 112 cm³/mol. The Labute approximate surface area is 184 Å². The summed E-state index contributed by atoms with van der Waals surface area (Å²) in [6, 6.07) is 7.47. The Balaban J connectivity index is 2.04. The molecule has 0 aliphatic heterocycles. The number of anilines is 1. The Morgan fingerprint density at radius 3 is 2.56 bits per heavy atom. The van der Waals surface area contributed by atoms with Gasteiger partial charge in [0.05, 0.1) is 29.0 Å². The van der Waals surface area contributed by atoms with E-state index in [4.69, 9.17) is 4.74 Å². The highest BCUT2D eigenvalue weighted by atomic mass is 32.1. The maximum absolute atomic E-state index is 14.3. The minimum atomic E-state index is -5.27. The molecule has 0 spiro atoms. The van der Waals surface area contributed by atoms with Crippen LogP contribution in [0.15, 0.2) is 42.7 Å². The zero-order valence-electron chi connectivity index (χ0n) is 17.0. The molecule has 2 N–H and O–H groups in total. The SMILES string of the molecule is CCOC(=O)C(NC(=O)c1cccnc1)(Nc1nc2ccc(OCC)cc2s1)C(F)(F)F. The molecule has 1 unspecified atom stereocenters. The number of pyridine rings is 1. The molecule has 2 aromatic heterocycles. The number of carbonyl (C=O) groups is 2. The summed E-state index contributed by atoms with van der Waals surface area (Å²) in [6.07, 6.45) is -2.84. The molecule has 0 aliphatic carbocycles. The van der Waals surface area contributed by atoms with Crippen molar-refractivity contribution < 1.29 is 32.2 Å². The average Bonchev–Trinajstić information content (AvgIpc) is 3.15. The highest BCUT2D eigenvalue weighted by Crippen LogP contribution is 2.36. The van der Waals surface area contributed by atoms with Crippen LogP contribution in [-0.4, -0.2) is 46.9 Å². The number of carbonyl (C=O) groups excluding carboxylic acids is 2. The lowest BCUT2D eigenvalue weighted by Crippen LogP contribution is -2.69. The van der Waals surface area contributed by atoms with Crippen LogP contribution in [0.25, 0.3) is 10.2 Å². The van der Waals surface area contributed by atoms with Crippen molar-refractivity contribution in [2.45, 2.75) is 25.7 Å². The van der Waals surface area contributed by atoms with Crippen molar-refractivity contribution in [3.8, 4) is 5.75 Å². The number of ether oxygens (including phenoxy) is 2. The molecule has 1 amide bonds. The summed E-state index contributed by atoms with van der Waals surface area (Å²) in [5, 5.41) is 3.58. The quantitative estimate of drug-likeness (QED) is 0.383. The number of halogens is 3. The van der Waals surface area contributed by atoms with Crippen molar-refractivity contribution in [1.82, 2.24) is 15.3 Å². The van der Waals surface area contributed by atoms with Crippen LogP contribution in [0.2, 0.25) is 0 Å². The number of benzene rings is 1. The summed E-state index contributed by atoms with van der Waals surface area (Å²) in [7, 11) is 0. The zero-order chi connectivity index (χ0) is 23.4. The number of hydrogen-bond donors (Lipinski definition) is 2. The number of alkyl halides is 3. The van der Waals surface area contributed by atoms with Gasteiger partial charge in [0.2, 0.25) is 0 Å². The molecule has 170 valence electrons. The molecule has 1 aromatic carbocycles. The van der Waals surface area contributed by atoms with E-state index in [1.54, 1.807) is 30.4 Å². The third kappa shape index (κ3) is 4.74. The number of hydrogen-bond acceptors (Lipinski definition) is 8. The first-order valence-electron chi connectivity index (χ1n) is 9.48. The van der Waals surface area contributed by atoms with Gasteiger partial charge in [-0.15, -0.1) is 0 Å². The third-order valence-corrected chi connectivity index (χ3v) is 5.13. The summed E-state index contributed by atoms with van der Waals surface area (Å²) in [5.74, 6) is -2.37. The Kier molecular flexibility index (Phi) is 6.82. The van der Waals surface area contributed by atoms with Crippen molar-refractivity contribution in [3.63, 3.8) is 0 Å². The molecule has 3 aromatic rings. The van der Waals surface area contributed by atoms with Crippen LogP contribution in [0.4, 0.5) is 18.3 Å². The number of thiazole rings is 1. The van der Waals surface area contributed by atoms with Crippen LogP contribution in [0.1, 0.15) is 24.2 Å². The largest absolute Gasteiger partial charge is 0.494 e. The van der Waals surface area contributed by atoms with E-state index in [1.807, 2.05) is 0 Å². The van der Waals surface area contributed by atoms with E-state index in [9.17, 15) is 22.8 Å². The topological polar surface area (TPSA) is 102 Å². The standard InChI is InChI=1S/C20H19F3N4O4S/c1-3-30-13-7-8-14-15(10-13)32-18(25-14)27-19(20(21,22)23,17(29)31-4-2)26-16(28)12-6-5-9-24-11-12/h5-11H,3-4H2,1-2H3,(H,25,27)(H,26,28). The fraction of sp³-hybridized carbons (Fsp3) is 0.300. The van der Waals surface area contributed by atoms with Crippen molar-refractivity contribution in [2.24, 2.45) is 0 Å². The lowest BCUT2D eigenvalue weighted by Gasteiger charge is -2.34. The van der Waals surface area contributed by atoms with Crippen molar-refractivity contribution >= 4 is 38.6 Å². The van der Waals surface area contributed by atoms with Gasteiger partial charge in [-0.25, -0.2) is 9.78 Å². The first-order chi connectivity index (χ1) is 15.2. The summed E-state index contributed by atoms with van der Waals surface area (Å²) in [4.78, 5) is 33.0. The molecule has 8 nitrogen and oxygen atoms in total. The molecule has 0 fully saturated rings. The maximum Gasteiger partial charge on any atom is 0.442 e. The van der Waals surface area contributed by atoms with Gasteiger partial charge in [-0.1, -0.05) is 11.3 Å². The third-order valence-electron chi connectivity index (χ3n) is 4.20. The molecule has 0 radical (unpaired) electrons. The summed E-state index contributed by atoms with van der Waals surface area (Å²) >= 11 is 0.865. The molecule has 0 bridgehead atoms. The first-order valence-corrected chi connectivity index (χ1v) is 10.3. The molecule has 0 saturated heterocycles. The second-order valence-electron chi connectivity index (χ2n) is 6.37. The smallest absolute Gasteiger partial charge is 0.442 e. The average molecular weight is 468 g/mol. The maximum atomic E-state index is 14.3. The van der Waals surface area contributed by atoms with Gasteiger partial charge in [0.1, 0.15) is 5.75 Å². The molecular formula is C20H19F3N4O4S. The van der Waals surface area contributed by atoms with Crippen LogP contribution in [-0.2, 0) is 9.53 Å². The van der Waals surface area contributed by atoms with E-state index in [0.717, 1.165) is 17.5 Å². The number of nitrogens with one attached hydrogen (secondary N) is 2. The highest BCUT2D eigenvalue weighted by Gasteiger charge is 2.64. The van der Waals surface area contributed by atoms with Crippen LogP contribution in [0.3, 0.4) is 0 Å². The highest BCUT2D eigenvalue weighted by molar-refractivity contribution is 7.22. The molecular weight excluding hydrogens is 449 g/mol. The minimum Gasteiger partial charge on any atom is -0.494 e. The van der Waals surface area contributed by atoms with E-state index in [2.05, 4.69) is 20.0 Å². The first kappa shape index (κ1) is 23.3. The van der Waals surface area contributed by atoms with Gasteiger partial charge in [0.15, 0.2) is 5.13 Å². The van der Waals surface area contributed by atoms with Gasteiger partial charge < -0.3 is 20.1 Å². The number of rotatable bonds is 8. The Bertz CT molecular complexity index is 1110. The molecule has 2 heterocycles. The van der Waals surface area contributed by atoms with Crippen LogP contribution in [0.5, 0.6) is 5.75 Å². The van der Waals surface area contributed by atoms with Gasteiger partial charge >= 0.3 is 17.8 Å². The molecule has 0 saturated carbocycles. The fourth-order valence-electron chi connectivity index (χ4n) is 2.74. The monoisotopic (exact) mass is 468 g/mol. The summed E-state index contributed by atoms with van der Waals surface area (Å²) in [5.41, 5.74) is -3.36. The van der Waals surface area contributed by atoms with Crippen LogP contribution >= 0.6 is 11.3 Å². The van der Waals surface area contributed by atoms with Gasteiger partial charge in [0, 0.05) is 12.4 Å². The summed E-state index contributed by atoms with van der Waals surface area (Å²) < 4.78 is 53.5. The number of fused-ring (bicyclic) bond motifs is 1. The molecule has 1 atom stereocenters. The van der Waals surface area contributed by atoms with Crippen molar-refractivity contribution in [2.75, 3.05) is 18.5 Å². The van der Waals surface area contributed by atoms with E-state index in [0.29, 0.717) is 22.6 Å². The molecule has 32 heavy (non-hydrogen) atoms. The minimum absolute atomic E-state index is 0.169. The Morgan fingerprint density at radius 2 is 1.94 bits per heavy atom. The second-order valence-corrected chi connectivity index (χ2v) is 7.40. The Hall–Kier alpha value is -3.41. The van der Waals surface area contributed by atoms with Crippen molar-refractivity contribution in [3.05, 3.63) is 48.3 Å². The number of esters is 1. The van der Waals surface area contributed by atoms with E-state index in [-0.39, 0.29) is 17.3 Å². The lowest BCUT2D eigenvalue weighted by molar-refractivity contribution is -0.204. The van der Waals surface area contributed by atoms with Gasteiger partial charge in [-0.3, -0.25) is 9.78 Å². The predicted octanol–water partition coefficient (Wildman–Crippen LogP) is 3.75. The van der Waals surface area contributed by atoms with E-state index >= 15 is 0 Å².